The molecule has 1 saturated carbocycles. The number of amides is 1. The van der Waals surface area contributed by atoms with E-state index in [2.05, 4.69) is 0 Å². The Hall–Kier alpha value is -1.56. The Morgan fingerprint density at radius 1 is 1.28 bits per heavy atom. The molecule has 2 fully saturated rings. The number of piperidine rings is 1. The lowest BCUT2D eigenvalue weighted by atomic mass is 9.76. The zero-order valence-electron chi connectivity index (χ0n) is 14.3. The van der Waals surface area contributed by atoms with Crippen molar-refractivity contribution in [1.29, 1.82) is 0 Å². The van der Waals surface area contributed by atoms with E-state index in [0.29, 0.717) is 24.4 Å². The average molecular weight is 354 g/mol. The number of benzene rings is 1. The van der Waals surface area contributed by atoms with Crippen LogP contribution in [0.5, 0.6) is 0 Å². The monoisotopic (exact) mass is 354 g/mol. The van der Waals surface area contributed by atoms with Gasteiger partial charge in [0.1, 0.15) is 0 Å². The molecule has 1 aliphatic carbocycles. The van der Waals surface area contributed by atoms with Crippen molar-refractivity contribution >= 4 is 5.91 Å². The molecule has 0 aromatic heterocycles. The Morgan fingerprint density at radius 2 is 2.04 bits per heavy atom. The third-order valence-electron chi connectivity index (χ3n) is 5.57. The normalized spacial score (nSPS) is 23.2. The number of hydrogen-bond donors (Lipinski definition) is 1. The predicted octanol–water partition coefficient (Wildman–Crippen LogP) is 3.76. The Bertz CT molecular complexity index is 625. The van der Waals surface area contributed by atoms with E-state index >= 15 is 0 Å². The number of nitrogens with zero attached hydrogens (tertiary/aromatic N) is 1. The third-order valence-corrected chi connectivity index (χ3v) is 5.57. The average Bonchev–Trinajstić information content (AvgIpc) is 2.57. The first-order valence-corrected chi connectivity index (χ1v) is 9.02. The summed E-state index contributed by atoms with van der Waals surface area (Å²) in [7, 11) is 0. The summed E-state index contributed by atoms with van der Waals surface area (Å²) in [5.41, 5.74) is 5.59. The summed E-state index contributed by atoms with van der Waals surface area (Å²) in [5, 5.41) is 0. The van der Waals surface area contributed by atoms with Crippen LogP contribution in [0.1, 0.15) is 49.7 Å². The van der Waals surface area contributed by atoms with Gasteiger partial charge in [0.15, 0.2) is 0 Å². The third kappa shape index (κ3) is 4.17. The lowest BCUT2D eigenvalue weighted by Crippen LogP contribution is -2.60. The van der Waals surface area contributed by atoms with Gasteiger partial charge in [0, 0.05) is 13.1 Å². The molecule has 1 aromatic carbocycles. The zero-order valence-corrected chi connectivity index (χ0v) is 14.3. The number of hydrogen-bond acceptors (Lipinski definition) is 2. The highest BCUT2D eigenvalue weighted by Crippen LogP contribution is 2.33. The summed E-state index contributed by atoms with van der Waals surface area (Å²) in [6.07, 6.45) is 1.58. The van der Waals surface area contributed by atoms with Crippen molar-refractivity contribution in [2.24, 2.45) is 11.7 Å². The Morgan fingerprint density at radius 3 is 2.68 bits per heavy atom. The van der Waals surface area contributed by atoms with Crippen LogP contribution >= 0.6 is 0 Å². The van der Waals surface area contributed by atoms with Crippen LogP contribution in [0.2, 0.25) is 0 Å². The minimum absolute atomic E-state index is 0.0579. The van der Waals surface area contributed by atoms with Gasteiger partial charge in [-0.25, -0.2) is 0 Å². The van der Waals surface area contributed by atoms with E-state index in [0.717, 1.165) is 51.1 Å². The number of nitrogens with two attached hydrogens (primary N) is 1. The van der Waals surface area contributed by atoms with Gasteiger partial charge < -0.3 is 10.6 Å². The molecule has 2 aliphatic rings. The highest BCUT2D eigenvalue weighted by atomic mass is 19.4. The van der Waals surface area contributed by atoms with Gasteiger partial charge in [-0.2, -0.15) is 13.2 Å². The molecule has 0 radical (unpaired) electrons. The first-order chi connectivity index (χ1) is 11.8. The van der Waals surface area contributed by atoms with Gasteiger partial charge in [-0.15, -0.1) is 0 Å². The van der Waals surface area contributed by atoms with E-state index in [1.54, 1.807) is 6.07 Å². The van der Waals surface area contributed by atoms with Crippen molar-refractivity contribution in [2.45, 2.75) is 56.7 Å². The molecule has 0 unspecified atom stereocenters. The van der Waals surface area contributed by atoms with E-state index in [1.807, 2.05) is 4.90 Å². The highest BCUT2D eigenvalue weighted by Gasteiger charge is 2.43. The van der Waals surface area contributed by atoms with Gasteiger partial charge in [-0.1, -0.05) is 18.2 Å². The second-order valence-electron chi connectivity index (χ2n) is 7.51. The van der Waals surface area contributed by atoms with E-state index in [4.69, 9.17) is 5.73 Å². The van der Waals surface area contributed by atoms with Crippen LogP contribution in [0.3, 0.4) is 0 Å². The first-order valence-electron chi connectivity index (χ1n) is 9.02. The molecule has 3 nitrogen and oxygen atoms in total. The highest BCUT2D eigenvalue weighted by molar-refractivity contribution is 5.87. The van der Waals surface area contributed by atoms with Gasteiger partial charge >= 0.3 is 6.18 Å². The molecule has 3 rings (SSSR count). The maximum Gasteiger partial charge on any atom is 0.416 e. The van der Waals surface area contributed by atoms with Crippen LogP contribution in [0, 0.1) is 5.92 Å². The number of carbonyl (C=O) groups excluding carboxylic acids is 1. The van der Waals surface area contributed by atoms with Crippen molar-refractivity contribution in [3.8, 4) is 0 Å². The van der Waals surface area contributed by atoms with Gasteiger partial charge in [0.25, 0.3) is 0 Å². The molecule has 6 heteroatoms. The fourth-order valence-electron chi connectivity index (χ4n) is 3.85. The van der Waals surface area contributed by atoms with Crippen LogP contribution in [-0.4, -0.2) is 29.4 Å². The number of likely N-dealkylation sites (tertiary alicyclic amines) is 1. The minimum Gasteiger partial charge on any atom is -0.341 e. The largest absolute Gasteiger partial charge is 0.416 e. The predicted molar refractivity (Wildman–Crippen MR) is 89.8 cm³/mol. The van der Waals surface area contributed by atoms with Crippen LogP contribution in [-0.2, 0) is 17.4 Å². The van der Waals surface area contributed by atoms with Crippen LogP contribution in [0.15, 0.2) is 24.3 Å². The van der Waals surface area contributed by atoms with E-state index in [-0.39, 0.29) is 5.91 Å². The Kier molecular flexibility index (Phi) is 5.09. The standard InChI is InChI=1S/C19H25F3N2O/c20-19(21,22)16-6-1-4-14(12-16)7-8-15-5-2-11-24(13-15)17(25)18(23)9-3-10-18/h1,4,6,12,15H,2-3,5,7-11,13,23H2/t15-/m1/s1. The van der Waals surface area contributed by atoms with E-state index in [1.165, 1.54) is 12.1 Å². The molecule has 1 atom stereocenters. The maximum absolute atomic E-state index is 12.8. The van der Waals surface area contributed by atoms with E-state index in [9.17, 15) is 18.0 Å². The fraction of sp³-hybridized carbons (Fsp3) is 0.632. The number of aryl methyl sites for hydroxylation is 1. The molecule has 25 heavy (non-hydrogen) atoms. The summed E-state index contributed by atoms with van der Waals surface area (Å²) in [6, 6.07) is 5.53. The lowest BCUT2D eigenvalue weighted by molar-refractivity contribution is -0.142. The van der Waals surface area contributed by atoms with E-state index < -0.39 is 17.3 Å². The van der Waals surface area contributed by atoms with Gasteiger partial charge in [-0.3, -0.25) is 4.79 Å². The summed E-state index contributed by atoms with van der Waals surface area (Å²) in [4.78, 5) is 14.4. The molecular weight excluding hydrogens is 329 g/mol. The molecule has 138 valence electrons. The second kappa shape index (κ2) is 6.98. The Balaban J connectivity index is 1.56. The summed E-state index contributed by atoms with van der Waals surface area (Å²) in [5.74, 6) is 0.387. The van der Waals surface area contributed by atoms with Crippen LogP contribution < -0.4 is 5.73 Å². The van der Waals surface area contributed by atoms with Crippen molar-refractivity contribution in [2.75, 3.05) is 13.1 Å². The fourth-order valence-corrected chi connectivity index (χ4v) is 3.85. The van der Waals surface area contributed by atoms with Gasteiger partial charge in [-0.05, 0) is 62.5 Å². The number of halogens is 3. The number of alkyl halides is 3. The molecule has 0 bridgehead atoms. The van der Waals surface area contributed by atoms with Crippen molar-refractivity contribution in [3.63, 3.8) is 0 Å². The summed E-state index contributed by atoms with van der Waals surface area (Å²) < 4.78 is 38.4. The SMILES string of the molecule is NC1(C(=O)N2CCC[C@H](CCc3cccc(C(F)(F)F)c3)C2)CCC1. The molecule has 1 aliphatic heterocycles. The van der Waals surface area contributed by atoms with Crippen molar-refractivity contribution in [3.05, 3.63) is 35.4 Å². The Labute approximate surface area is 146 Å². The lowest BCUT2D eigenvalue weighted by Gasteiger charge is -2.43. The van der Waals surface area contributed by atoms with Crippen molar-refractivity contribution in [1.82, 2.24) is 4.90 Å². The topological polar surface area (TPSA) is 46.3 Å². The second-order valence-corrected chi connectivity index (χ2v) is 7.51. The molecular formula is C19H25F3N2O. The number of rotatable bonds is 4. The smallest absolute Gasteiger partial charge is 0.341 e. The molecule has 1 amide bonds. The number of carbonyl (C=O) groups is 1. The zero-order chi connectivity index (χ0) is 18.1. The molecule has 1 aromatic rings. The van der Waals surface area contributed by atoms with Crippen molar-refractivity contribution < 1.29 is 18.0 Å². The minimum atomic E-state index is -4.30. The van der Waals surface area contributed by atoms with Crippen LogP contribution in [0.25, 0.3) is 0 Å². The summed E-state index contributed by atoms with van der Waals surface area (Å²) >= 11 is 0. The van der Waals surface area contributed by atoms with Gasteiger partial charge in [0.05, 0.1) is 11.1 Å². The van der Waals surface area contributed by atoms with Gasteiger partial charge in [0.2, 0.25) is 5.91 Å². The first kappa shape index (κ1) is 18.2. The molecule has 0 spiro atoms. The quantitative estimate of drug-likeness (QED) is 0.895. The maximum atomic E-state index is 12.8. The van der Waals surface area contributed by atoms with Crippen LogP contribution in [0.4, 0.5) is 13.2 Å². The molecule has 1 heterocycles. The molecule has 2 N–H and O–H groups in total. The molecule has 1 saturated heterocycles. The summed E-state index contributed by atoms with van der Waals surface area (Å²) in [6.45, 7) is 1.43.